The van der Waals surface area contributed by atoms with Crippen molar-refractivity contribution in [2.24, 2.45) is 0 Å². The molecule has 0 saturated carbocycles. The third kappa shape index (κ3) is 3.39. The van der Waals surface area contributed by atoms with Gasteiger partial charge >= 0.3 is 6.03 Å². The Hall–Kier alpha value is -2.73. The summed E-state index contributed by atoms with van der Waals surface area (Å²) in [5.74, 6) is -0.768. The topological polar surface area (TPSA) is 32.3 Å². The maximum absolute atomic E-state index is 14.1. The first kappa shape index (κ1) is 19.2. The molecule has 30 heavy (non-hydrogen) atoms. The summed E-state index contributed by atoms with van der Waals surface area (Å²) in [4.78, 5) is 17.6. The Bertz CT molecular complexity index is 1090. The predicted octanol–water partition coefficient (Wildman–Crippen LogP) is 6.08. The fraction of sp³-hybridized carbons (Fsp3) is 0.292. The molecule has 2 heterocycles. The maximum Gasteiger partial charge on any atom is 0.322 e. The summed E-state index contributed by atoms with van der Waals surface area (Å²) in [5, 5.41) is 2.73. The SMILES string of the molecule is O=C(Nc1ccccc1F)N1CCc2c(sc3c2CCCC3)[C@@H]1c1ccc(F)cc1. The lowest BCUT2D eigenvalue weighted by atomic mass is 9.88. The van der Waals surface area contributed by atoms with Gasteiger partial charge in [0.15, 0.2) is 0 Å². The Morgan fingerprint density at radius 3 is 2.53 bits per heavy atom. The van der Waals surface area contributed by atoms with Crippen LogP contribution < -0.4 is 5.32 Å². The van der Waals surface area contributed by atoms with Gasteiger partial charge in [-0.1, -0.05) is 24.3 Å². The van der Waals surface area contributed by atoms with Crippen molar-refractivity contribution < 1.29 is 13.6 Å². The van der Waals surface area contributed by atoms with Crippen molar-refractivity contribution in [2.45, 2.75) is 38.1 Å². The second-order valence-electron chi connectivity index (χ2n) is 7.86. The number of hydrogen-bond donors (Lipinski definition) is 1. The van der Waals surface area contributed by atoms with Gasteiger partial charge in [-0.3, -0.25) is 0 Å². The third-order valence-electron chi connectivity index (χ3n) is 6.04. The number of carbonyl (C=O) groups is 1. The Labute approximate surface area is 178 Å². The fourth-order valence-electron chi connectivity index (χ4n) is 4.60. The summed E-state index contributed by atoms with van der Waals surface area (Å²) in [6.45, 7) is 0.540. The van der Waals surface area contributed by atoms with E-state index in [0.717, 1.165) is 24.8 Å². The second-order valence-corrected chi connectivity index (χ2v) is 9.00. The van der Waals surface area contributed by atoms with Crippen LogP contribution in [0.3, 0.4) is 0 Å². The number of amides is 2. The van der Waals surface area contributed by atoms with E-state index in [0.29, 0.717) is 6.54 Å². The minimum Gasteiger partial charge on any atom is -0.312 e. The second kappa shape index (κ2) is 7.84. The van der Waals surface area contributed by atoms with Gasteiger partial charge in [0.05, 0.1) is 11.7 Å². The highest BCUT2D eigenvalue weighted by molar-refractivity contribution is 7.12. The van der Waals surface area contributed by atoms with Gasteiger partial charge in [-0.2, -0.15) is 0 Å². The van der Waals surface area contributed by atoms with Crippen molar-refractivity contribution in [3.05, 3.63) is 86.6 Å². The standard InChI is InChI=1S/C24H22F2N2OS/c25-16-11-9-15(10-12-16)22-23-18(17-5-1-4-8-21(17)30-23)13-14-28(22)24(29)27-20-7-3-2-6-19(20)26/h2-3,6-7,9-12,22H,1,4-5,8,13-14H2,(H,27,29)/t22-/m0/s1. The van der Waals surface area contributed by atoms with Crippen molar-refractivity contribution >= 4 is 23.1 Å². The van der Waals surface area contributed by atoms with Crippen molar-refractivity contribution in [3.63, 3.8) is 0 Å². The van der Waals surface area contributed by atoms with Crippen LogP contribution in [0, 0.1) is 11.6 Å². The quantitative estimate of drug-likeness (QED) is 0.531. The number of rotatable bonds is 2. The van der Waals surface area contributed by atoms with E-state index in [1.165, 1.54) is 51.9 Å². The fourth-order valence-corrected chi connectivity index (χ4v) is 6.18. The molecule has 0 fully saturated rings. The molecule has 0 radical (unpaired) electrons. The summed E-state index contributed by atoms with van der Waals surface area (Å²) in [5.41, 5.74) is 3.86. The van der Waals surface area contributed by atoms with Crippen LogP contribution in [0.2, 0.25) is 0 Å². The monoisotopic (exact) mass is 424 g/mol. The molecule has 6 heteroatoms. The molecule has 0 saturated heterocycles. The van der Waals surface area contributed by atoms with Crippen molar-refractivity contribution in [3.8, 4) is 0 Å². The Balaban J connectivity index is 1.55. The van der Waals surface area contributed by atoms with E-state index in [4.69, 9.17) is 0 Å². The molecule has 0 spiro atoms. The number of aryl methyl sites for hydroxylation is 1. The smallest absolute Gasteiger partial charge is 0.312 e. The van der Waals surface area contributed by atoms with E-state index in [1.54, 1.807) is 46.6 Å². The Morgan fingerprint density at radius 2 is 1.73 bits per heavy atom. The van der Waals surface area contributed by atoms with E-state index in [1.807, 2.05) is 0 Å². The summed E-state index contributed by atoms with van der Waals surface area (Å²) < 4.78 is 27.7. The van der Waals surface area contributed by atoms with Crippen LogP contribution in [0.1, 0.15) is 45.3 Å². The van der Waals surface area contributed by atoms with Gasteiger partial charge in [0.1, 0.15) is 11.6 Å². The number of anilines is 1. The number of nitrogens with zero attached hydrogens (tertiary/aromatic N) is 1. The minimum atomic E-state index is -0.464. The number of thiophene rings is 1. The molecule has 3 aromatic rings. The number of benzene rings is 2. The first-order chi connectivity index (χ1) is 14.6. The lowest BCUT2D eigenvalue weighted by Crippen LogP contribution is -2.42. The van der Waals surface area contributed by atoms with E-state index in [2.05, 4.69) is 5.32 Å². The lowest BCUT2D eigenvalue weighted by Gasteiger charge is -2.36. The zero-order valence-electron chi connectivity index (χ0n) is 16.5. The van der Waals surface area contributed by atoms with E-state index in [9.17, 15) is 13.6 Å². The van der Waals surface area contributed by atoms with E-state index >= 15 is 0 Å². The average Bonchev–Trinajstić information content (AvgIpc) is 3.14. The van der Waals surface area contributed by atoms with Crippen LogP contribution in [0.15, 0.2) is 48.5 Å². The normalized spacial score (nSPS) is 17.9. The Kier molecular flexibility index (Phi) is 5.03. The van der Waals surface area contributed by atoms with Crippen LogP contribution in [0.5, 0.6) is 0 Å². The van der Waals surface area contributed by atoms with Crippen LogP contribution in [0.25, 0.3) is 0 Å². The molecule has 1 aliphatic carbocycles. The molecule has 1 atom stereocenters. The molecular formula is C24H22F2N2OS. The zero-order chi connectivity index (χ0) is 20.7. The molecular weight excluding hydrogens is 402 g/mol. The highest BCUT2D eigenvalue weighted by Crippen LogP contribution is 2.45. The van der Waals surface area contributed by atoms with Crippen molar-refractivity contribution in [1.82, 2.24) is 4.90 Å². The van der Waals surface area contributed by atoms with Gasteiger partial charge in [-0.15, -0.1) is 11.3 Å². The predicted molar refractivity (Wildman–Crippen MR) is 115 cm³/mol. The summed E-state index contributed by atoms with van der Waals surface area (Å²) in [6, 6.07) is 11.9. The summed E-state index contributed by atoms with van der Waals surface area (Å²) >= 11 is 1.79. The molecule has 2 aromatic carbocycles. The van der Waals surface area contributed by atoms with Crippen molar-refractivity contribution in [2.75, 3.05) is 11.9 Å². The number of para-hydroxylation sites is 1. The highest BCUT2D eigenvalue weighted by Gasteiger charge is 2.36. The van der Waals surface area contributed by atoms with Gasteiger partial charge in [0.25, 0.3) is 0 Å². The van der Waals surface area contributed by atoms with Crippen molar-refractivity contribution in [1.29, 1.82) is 0 Å². The van der Waals surface area contributed by atoms with Gasteiger partial charge in [0, 0.05) is 16.3 Å². The van der Waals surface area contributed by atoms with Crippen LogP contribution in [0.4, 0.5) is 19.3 Å². The largest absolute Gasteiger partial charge is 0.322 e. The number of hydrogen-bond acceptors (Lipinski definition) is 2. The average molecular weight is 425 g/mol. The van der Waals surface area contributed by atoms with E-state index < -0.39 is 5.82 Å². The molecule has 154 valence electrons. The molecule has 2 aliphatic rings. The molecule has 1 aliphatic heterocycles. The summed E-state index contributed by atoms with van der Waals surface area (Å²) in [7, 11) is 0. The number of fused-ring (bicyclic) bond motifs is 3. The molecule has 0 bridgehead atoms. The molecule has 1 N–H and O–H groups in total. The third-order valence-corrected chi connectivity index (χ3v) is 7.42. The van der Waals surface area contributed by atoms with Gasteiger partial charge in [-0.05, 0) is 73.1 Å². The van der Waals surface area contributed by atoms with Crippen LogP contribution in [-0.4, -0.2) is 17.5 Å². The first-order valence-electron chi connectivity index (χ1n) is 10.3. The van der Waals surface area contributed by atoms with Gasteiger partial charge in [-0.25, -0.2) is 13.6 Å². The zero-order valence-corrected chi connectivity index (χ0v) is 17.3. The Morgan fingerprint density at radius 1 is 0.967 bits per heavy atom. The lowest BCUT2D eigenvalue weighted by molar-refractivity contribution is 0.195. The number of carbonyl (C=O) groups excluding carboxylic acids is 1. The molecule has 3 nitrogen and oxygen atoms in total. The number of nitrogens with one attached hydrogen (secondary N) is 1. The van der Waals surface area contributed by atoms with Crippen LogP contribution in [-0.2, 0) is 19.3 Å². The number of urea groups is 1. The van der Waals surface area contributed by atoms with Gasteiger partial charge in [0.2, 0.25) is 0 Å². The minimum absolute atomic E-state index is 0.164. The first-order valence-corrected chi connectivity index (χ1v) is 11.1. The molecule has 0 unspecified atom stereocenters. The molecule has 5 rings (SSSR count). The summed E-state index contributed by atoms with van der Waals surface area (Å²) in [6.07, 6.45) is 5.38. The highest BCUT2D eigenvalue weighted by atomic mass is 32.1. The maximum atomic E-state index is 14.1. The van der Waals surface area contributed by atoms with Gasteiger partial charge < -0.3 is 10.2 Å². The molecule has 2 amide bonds. The molecule has 1 aromatic heterocycles. The van der Waals surface area contributed by atoms with E-state index in [-0.39, 0.29) is 23.6 Å². The number of halogens is 2. The van der Waals surface area contributed by atoms with Crippen LogP contribution >= 0.6 is 11.3 Å².